The fraction of sp³-hybridized carbons (Fsp3) is 0.133. The second-order valence-corrected chi connectivity index (χ2v) is 4.66. The fourth-order valence-electron chi connectivity index (χ4n) is 1.69. The minimum Gasteiger partial charge on any atom is -0.496 e. The zero-order chi connectivity index (χ0) is 15.2. The molecule has 0 atom stereocenters. The molecule has 0 spiro atoms. The van der Waals surface area contributed by atoms with E-state index in [9.17, 15) is 4.79 Å². The van der Waals surface area contributed by atoms with Crippen LogP contribution in [-0.2, 0) is 0 Å². The summed E-state index contributed by atoms with van der Waals surface area (Å²) in [5.41, 5.74) is 4.29. The van der Waals surface area contributed by atoms with Gasteiger partial charge in [0.25, 0.3) is 5.91 Å². The molecule has 0 unspecified atom stereocenters. The van der Waals surface area contributed by atoms with Crippen molar-refractivity contribution in [3.05, 3.63) is 58.9 Å². The van der Waals surface area contributed by atoms with E-state index in [4.69, 9.17) is 16.3 Å². The molecule has 0 saturated heterocycles. The molecular formula is C15H14ClN3O2. The van der Waals surface area contributed by atoms with Crippen molar-refractivity contribution in [3.63, 3.8) is 0 Å². The number of benzene rings is 1. The summed E-state index contributed by atoms with van der Waals surface area (Å²) in [5.74, 6) is 0.0451. The van der Waals surface area contributed by atoms with Crippen LogP contribution in [-0.4, -0.2) is 23.7 Å². The van der Waals surface area contributed by atoms with Crippen LogP contribution in [0.15, 0.2) is 47.8 Å². The summed E-state index contributed by atoms with van der Waals surface area (Å²) in [6.07, 6.45) is 3.34. The van der Waals surface area contributed by atoms with Gasteiger partial charge in [-0.15, -0.1) is 0 Å². The molecule has 0 aliphatic heterocycles. The van der Waals surface area contributed by atoms with Gasteiger partial charge in [-0.2, -0.15) is 5.10 Å². The minimum absolute atomic E-state index is 0.327. The molecule has 1 amide bonds. The number of carbonyl (C=O) groups excluding carboxylic acids is 1. The lowest BCUT2D eigenvalue weighted by Gasteiger charge is -2.08. The van der Waals surface area contributed by atoms with Crippen LogP contribution in [0.5, 0.6) is 5.75 Å². The first-order valence-corrected chi connectivity index (χ1v) is 6.58. The number of hydrogen-bond acceptors (Lipinski definition) is 4. The summed E-state index contributed by atoms with van der Waals surface area (Å²) >= 11 is 5.90. The van der Waals surface area contributed by atoms with Crippen LogP contribution in [0.1, 0.15) is 22.8 Å². The maximum Gasteiger partial charge on any atom is 0.275 e. The molecule has 21 heavy (non-hydrogen) atoms. The van der Waals surface area contributed by atoms with Crippen LogP contribution >= 0.6 is 11.6 Å². The van der Waals surface area contributed by atoms with E-state index in [2.05, 4.69) is 15.5 Å². The molecule has 2 rings (SSSR count). The molecule has 0 aliphatic rings. The molecule has 1 heterocycles. The molecule has 0 fully saturated rings. The van der Waals surface area contributed by atoms with Crippen LogP contribution in [0.25, 0.3) is 0 Å². The number of amides is 1. The number of ether oxygens (including phenoxy) is 1. The molecule has 0 radical (unpaired) electrons. The summed E-state index contributed by atoms with van der Waals surface area (Å²) in [6.45, 7) is 1.78. The minimum atomic E-state index is -0.391. The van der Waals surface area contributed by atoms with Gasteiger partial charge >= 0.3 is 0 Å². The summed E-state index contributed by atoms with van der Waals surface area (Å²) in [7, 11) is 1.49. The van der Waals surface area contributed by atoms with E-state index in [1.54, 1.807) is 37.5 Å². The average molecular weight is 304 g/mol. The summed E-state index contributed by atoms with van der Waals surface area (Å²) in [4.78, 5) is 16.1. The van der Waals surface area contributed by atoms with Gasteiger partial charge in [-0.25, -0.2) is 5.43 Å². The molecule has 2 aromatic rings. The normalized spacial score (nSPS) is 11.1. The number of methoxy groups -OCH3 is 1. The number of hydrazone groups is 1. The smallest absolute Gasteiger partial charge is 0.275 e. The van der Waals surface area contributed by atoms with Gasteiger partial charge in [0.15, 0.2) is 0 Å². The molecule has 108 valence electrons. The zero-order valence-electron chi connectivity index (χ0n) is 11.6. The highest BCUT2D eigenvalue weighted by Gasteiger charge is 2.12. The maximum atomic E-state index is 12.1. The molecule has 5 nitrogen and oxygen atoms in total. The third kappa shape index (κ3) is 3.79. The van der Waals surface area contributed by atoms with E-state index in [0.717, 1.165) is 5.56 Å². The third-order valence-electron chi connectivity index (χ3n) is 2.81. The Morgan fingerprint density at radius 2 is 2.19 bits per heavy atom. The number of halogens is 1. The SMILES string of the molecule is COc1ccc(Cl)cc1C(=O)N/N=C(\C)c1cccnc1. The monoisotopic (exact) mass is 303 g/mol. The van der Waals surface area contributed by atoms with E-state index in [1.165, 1.54) is 13.2 Å². The van der Waals surface area contributed by atoms with Gasteiger partial charge in [0.1, 0.15) is 5.75 Å². The van der Waals surface area contributed by atoms with E-state index < -0.39 is 5.91 Å². The number of hydrogen-bond donors (Lipinski definition) is 1. The molecular weight excluding hydrogens is 290 g/mol. The van der Waals surface area contributed by atoms with E-state index in [0.29, 0.717) is 22.0 Å². The van der Waals surface area contributed by atoms with Crippen LogP contribution in [0.2, 0.25) is 5.02 Å². The lowest BCUT2D eigenvalue weighted by molar-refractivity contribution is 0.0952. The molecule has 0 aliphatic carbocycles. The number of aromatic nitrogens is 1. The van der Waals surface area contributed by atoms with Crippen molar-refractivity contribution in [1.82, 2.24) is 10.4 Å². The lowest BCUT2D eigenvalue weighted by atomic mass is 10.2. The Morgan fingerprint density at radius 3 is 2.86 bits per heavy atom. The van der Waals surface area contributed by atoms with Crippen molar-refractivity contribution in [2.75, 3.05) is 7.11 Å². The number of nitrogens with one attached hydrogen (secondary N) is 1. The Labute approximate surface area is 127 Å². The Morgan fingerprint density at radius 1 is 1.38 bits per heavy atom. The van der Waals surface area contributed by atoms with Gasteiger partial charge in [-0.3, -0.25) is 9.78 Å². The Kier molecular flexibility index (Phi) is 4.90. The predicted octanol–water partition coefficient (Wildman–Crippen LogP) is 2.90. The summed E-state index contributed by atoms with van der Waals surface area (Å²) < 4.78 is 5.13. The third-order valence-corrected chi connectivity index (χ3v) is 3.05. The second kappa shape index (κ2) is 6.85. The molecule has 0 bridgehead atoms. The van der Waals surface area contributed by atoms with Crippen LogP contribution < -0.4 is 10.2 Å². The van der Waals surface area contributed by atoms with Gasteiger partial charge in [0.05, 0.1) is 18.4 Å². The maximum absolute atomic E-state index is 12.1. The number of pyridine rings is 1. The number of rotatable bonds is 4. The van der Waals surface area contributed by atoms with Crippen molar-refractivity contribution in [1.29, 1.82) is 0 Å². The fourth-order valence-corrected chi connectivity index (χ4v) is 1.87. The Hall–Kier alpha value is -2.40. The van der Waals surface area contributed by atoms with Crippen LogP contribution in [0, 0.1) is 0 Å². The molecule has 1 aromatic carbocycles. The van der Waals surface area contributed by atoms with Crippen molar-refractivity contribution < 1.29 is 9.53 Å². The summed E-state index contributed by atoms with van der Waals surface area (Å²) in [5, 5.41) is 4.51. The Bertz CT molecular complexity index is 672. The van der Waals surface area contributed by atoms with Crippen LogP contribution in [0.4, 0.5) is 0 Å². The first kappa shape index (κ1) is 15.0. The van der Waals surface area contributed by atoms with Gasteiger partial charge in [-0.05, 0) is 31.2 Å². The zero-order valence-corrected chi connectivity index (χ0v) is 12.4. The second-order valence-electron chi connectivity index (χ2n) is 4.22. The lowest BCUT2D eigenvalue weighted by Crippen LogP contribution is -2.20. The van der Waals surface area contributed by atoms with Crippen molar-refractivity contribution >= 4 is 23.2 Å². The summed E-state index contributed by atoms with van der Waals surface area (Å²) in [6, 6.07) is 8.48. The van der Waals surface area contributed by atoms with Gasteiger partial charge in [-0.1, -0.05) is 17.7 Å². The predicted molar refractivity (Wildman–Crippen MR) is 81.9 cm³/mol. The standard InChI is InChI=1S/C15H14ClN3O2/c1-10(11-4-3-7-17-9-11)18-19-15(20)13-8-12(16)5-6-14(13)21-2/h3-9H,1-2H3,(H,19,20)/b18-10+. The quantitative estimate of drug-likeness (QED) is 0.698. The van der Waals surface area contributed by atoms with Crippen molar-refractivity contribution in [2.45, 2.75) is 6.92 Å². The molecule has 6 heteroatoms. The van der Waals surface area contributed by atoms with Crippen LogP contribution in [0.3, 0.4) is 0 Å². The number of carbonyl (C=O) groups is 1. The first-order chi connectivity index (χ1) is 10.1. The first-order valence-electron chi connectivity index (χ1n) is 6.20. The van der Waals surface area contributed by atoms with Crippen molar-refractivity contribution in [2.24, 2.45) is 5.10 Å². The topological polar surface area (TPSA) is 63.6 Å². The van der Waals surface area contributed by atoms with Gasteiger partial charge in [0.2, 0.25) is 0 Å². The van der Waals surface area contributed by atoms with Crippen molar-refractivity contribution in [3.8, 4) is 5.75 Å². The van der Waals surface area contributed by atoms with Gasteiger partial charge < -0.3 is 4.74 Å². The highest BCUT2D eigenvalue weighted by molar-refractivity contribution is 6.31. The number of nitrogens with zero attached hydrogens (tertiary/aromatic N) is 2. The highest BCUT2D eigenvalue weighted by Crippen LogP contribution is 2.22. The highest BCUT2D eigenvalue weighted by atomic mass is 35.5. The molecule has 0 saturated carbocycles. The Balaban J connectivity index is 2.17. The molecule has 1 aromatic heterocycles. The van der Waals surface area contributed by atoms with E-state index in [1.807, 2.05) is 6.07 Å². The molecule has 1 N–H and O–H groups in total. The van der Waals surface area contributed by atoms with Gasteiger partial charge in [0, 0.05) is 23.0 Å². The largest absolute Gasteiger partial charge is 0.496 e. The van der Waals surface area contributed by atoms with E-state index >= 15 is 0 Å². The van der Waals surface area contributed by atoms with E-state index in [-0.39, 0.29) is 0 Å². The average Bonchev–Trinajstić information content (AvgIpc) is 2.53.